The van der Waals surface area contributed by atoms with E-state index in [1.165, 1.54) is 0 Å². The molecule has 0 aliphatic carbocycles. The summed E-state index contributed by atoms with van der Waals surface area (Å²) in [5.41, 5.74) is 0. The quantitative estimate of drug-likeness (QED) is 0.755. The van der Waals surface area contributed by atoms with Crippen molar-refractivity contribution in [1.29, 1.82) is 0 Å². The van der Waals surface area contributed by atoms with Crippen molar-refractivity contribution in [3.63, 3.8) is 0 Å². The molecule has 1 aromatic rings. The molecular formula is C14H27N5. The molecule has 1 heterocycles. The summed E-state index contributed by atoms with van der Waals surface area (Å²) >= 11 is 0. The number of aromatic nitrogens is 2. The molecular weight excluding hydrogens is 238 g/mol. The Bertz CT molecular complexity index is 365. The highest BCUT2D eigenvalue weighted by Crippen LogP contribution is 2.12. The summed E-state index contributed by atoms with van der Waals surface area (Å²) in [6.45, 7) is 8.46. The largest absolute Gasteiger partial charge is 0.369 e. The van der Waals surface area contributed by atoms with E-state index in [1.807, 2.05) is 0 Å². The number of nitrogens with zero attached hydrogens (tertiary/aromatic N) is 3. The van der Waals surface area contributed by atoms with Crippen LogP contribution in [-0.2, 0) is 0 Å². The molecule has 5 nitrogen and oxygen atoms in total. The predicted octanol–water partition coefficient (Wildman–Crippen LogP) is 2.30. The minimum atomic E-state index is 0.366. The third-order valence-corrected chi connectivity index (χ3v) is 2.89. The van der Waals surface area contributed by atoms with Gasteiger partial charge in [-0.2, -0.15) is 0 Å². The van der Waals surface area contributed by atoms with Gasteiger partial charge in [-0.05, 0) is 26.4 Å². The molecule has 2 N–H and O–H groups in total. The lowest BCUT2D eigenvalue weighted by Crippen LogP contribution is -2.36. The minimum Gasteiger partial charge on any atom is -0.369 e. The normalized spacial score (nSPS) is 12.8. The summed E-state index contributed by atoms with van der Waals surface area (Å²) in [7, 11) is 4.17. The van der Waals surface area contributed by atoms with Gasteiger partial charge in [-0.3, -0.25) is 4.98 Å². The monoisotopic (exact) mass is 265 g/mol. The summed E-state index contributed by atoms with van der Waals surface area (Å²) in [6.07, 6.45) is 4.62. The van der Waals surface area contributed by atoms with E-state index in [1.54, 1.807) is 12.4 Å². The fraction of sp³-hybridized carbons (Fsp3) is 0.714. The second kappa shape index (κ2) is 7.94. The number of rotatable bonds is 8. The Kier molecular flexibility index (Phi) is 6.56. The molecule has 1 rings (SSSR count). The summed E-state index contributed by atoms with van der Waals surface area (Å²) < 4.78 is 0. The van der Waals surface area contributed by atoms with Crippen LogP contribution in [0.3, 0.4) is 0 Å². The molecule has 1 unspecified atom stereocenters. The molecule has 0 amide bonds. The lowest BCUT2D eigenvalue weighted by atomic mass is 10.0. The first-order chi connectivity index (χ1) is 9.02. The third kappa shape index (κ3) is 5.87. The van der Waals surface area contributed by atoms with Crippen LogP contribution >= 0.6 is 0 Å². The lowest BCUT2D eigenvalue weighted by Gasteiger charge is -2.26. The fourth-order valence-corrected chi connectivity index (χ4v) is 1.78. The van der Waals surface area contributed by atoms with Crippen LogP contribution in [0.5, 0.6) is 0 Å². The van der Waals surface area contributed by atoms with E-state index in [0.29, 0.717) is 12.0 Å². The molecule has 0 saturated heterocycles. The van der Waals surface area contributed by atoms with Crippen LogP contribution in [0.15, 0.2) is 12.4 Å². The predicted molar refractivity (Wildman–Crippen MR) is 81.6 cm³/mol. The maximum atomic E-state index is 4.54. The van der Waals surface area contributed by atoms with Gasteiger partial charge in [0.05, 0.1) is 12.4 Å². The Morgan fingerprint density at radius 2 is 1.89 bits per heavy atom. The summed E-state index contributed by atoms with van der Waals surface area (Å²) in [5, 5.41) is 6.73. The van der Waals surface area contributed by atoms with Crippen molar-refractivity contribution in [3.8, 4) is 0 Å². The van der Waals surface area contributed by atoms with Crippen molar-refractivity contribution in [2.24, 2.45) is 5.92 Å². The molecule has 0 aliphatic heterocycles. The van der Waals surface area contributed by atoms with E-state index >= 15 is 0 Å². The third-order valence-electron chi connectivity index (χ3n) is 2.89. The van der Waals surface area contributed by atoms with Crippen molar-refractivity contribution in [2.45, 2.75) is 33.2 Å². The Hall–Kier alpha value is -1.36. The average Bonchev–Trinajstić information content (AvgIpc) is 2.35. The van der Waals surface area contributed by atoms with Crippen LogP contribution in [0.1, 0.15) is 27.2 Å². The molecule has 19 heavy (non-hydrogen) atoms. The Morgan fingerprint density at radius 1 is 1.21 bits per heavy atom. The standard InChI is InChI=1S/C14H27N5/c1-6-7-16-13-8-15-9-14(18-13)17-12(11(2)3)10-19(4)5/h8-9,11-12H,6-7,10H2,1-5H3,(H2,16,17,18). The zero-order chi connectivity index (χ0) is 14.3. The molecule has 0 bridgehead atoms. The second-order valence-electron chi connectivity index (χ2n) is 5.47. The van der Waals surface area contributed by atoms with Gasteiger partial charge in [0, 0.05) is 19.1 Å². The lowest BCUT2D eigenvalue weighted by molar-refractivity contribution is 0.344. The van der Waals surface area contributed by atoms with E-state index in [4.69, 9.17) is 0 Å². The first-order valence-corrected chi connectivity index (χ1v) is 7.00. The van der Waals surface area contributed by atoms with Crippen molar-refractivity contribution in [1.82, 2.24) is 14.9 Å². The number of hydrogen-bond acceptors (Lipinski definition) is 5. The highest BCUT2D eigenvalue weighted by Gasteiger charge is 2.14. The van der Waals surface area contributed by atoms with Crippen LogP contribution in [0.25, 0.3) is 0 Å². The Balaban J connectivity index is 2.67. The van der Waals surface area contributed by atoms with Gasteiger partial charge >= 0.3 is 0 Å². The van der Waals surface area contributed by atoms with E-state index in [9.17, 15) is 0 Å². The van der Waals surface area contributed by atoms with Gasteiger partial charge in [0.1, 0.15) is 11.6 Å². The Labute approximate surface area is 116 Å². The van der Waals surface area contributed by atoms with Gasteiger partial charge in [-0.1, -0.05) is 20.8 Å². The SMILES string of the molecule is CCCNc1cncc(NC(CN(C)C)C(C)C)n1. The number of hydrogen-bond donors (Lipinski definition) is 2. The first kappa shape index (κ1) is 15.7. The number of anilines is 2. The highest BCUT2D eigenvalue weighted by molar-refractivity contribution is 5.42. The highest BCUT2D eigenvalue weighted by atomic mass is 15.1. The zero-order valence-electron chi connectivity index (χ0n) is 12.8. The minimum absolute atomic E-state index is 0.366. The van der Waals surface area contributed by atoms with Gasteiger partial charge in [-0.15, -0.1) is 0 Å². The molecule has 0 spiro atoms. The molecule has 0 fully saturated rings. The first-order valence-electron chi connectivity index (χ1n) is 7.00. The molecule has 0 aromatic carbocycles. The van der Waals surface area contributed by atoms with Crippen molar-refractivity contribution < 1.29 is 0 Å². The van der Waals surface area contributed by atoms with Gasteiger partial charge in [0.25, 0.3) is 0 Å². The van der Waals surface area contributed by atoms with E-state index in [0.717, 1.165) is 31.1 Å². The molecule has 1 aromatic heterocycles. The topological polar surface area (TPSA) is 53.1 Å². The van der Waals surface area contributed by atoms with Crippen LogP contribution < -0.4 is 10.6 Å². The summed E-state index contributed by atoms with van der Waals surface area (Å²) in [4.78, 5) is 10.9. The second-order valence-corrected chi connectivity index (χ2v) is 5.47. The summed E-state index contributed by atoms with van der Waals surface area (Å²) in [5.74, 6) is 2.21. The van der Waals surface area contributed by atoms with Crippen LogP contribution in [0.2, 0.25) is 0 Å². The zero-order valence-corrected chi connectivity index (χ0v) is 12.8. The molecule has 1 atom stereocenters. The number of likely N-dealkylation sites (N-methyl/N-ethyl adjacent to an activating group) is 1. The summed E-state index contributed by atoms with van der Waals surface area (Å²) in [6, 6.07) is 0.366. The van der Waals surface area contributed by atoms with Crippen molar-refractivity contribution in [2.75, 3.05) is 37.8 Å². The van der Waals surface area contributed by atoms with Crippen LogP contribution in [0.4, 0.5) is 11.6 Å². The maximum absolute atomic E-state index is 4.54. The molecule has 108 valence electrons. The smallest absolute Gasteiger partial charge is 0.147 e. The van der Waals surface area contributed by atoms with Crippen LogP contribution in [0, 0.1) is 5.92 Å². The van der Waals surface area contributed by atoms with Gasteiger partial charge in [0.15, 0.2) is 0 Å². The van der Waals surface area contributed by atoms with Crippen molar-refractivity contribution >= 4 is 11.6 Å². The Morgan fingerprint density at radius 3 is 2.47 bits per heavy atom. The van der Waals surface area contributed by atoms with E-state index < -0.39 is 0 Å². The van der Waals surface area contributed by atoms with Crippen LogP contribution in [-0.4, -0.2) is 48.1 Å². The maximum Gasteiger partial charge on any atom is 0.147 e. The van der Waals surface area contributed by atoms with Gasteiger partial charge in [0.2, 0.25) is 0 Å². The van der Waals surface area contributed by atoms with Crippen molar-refractivity contribution in [3.05, 3.63) is 12.4 Å². The van der Waals surface area contributed by atoms with E-state index in [-0.39, 0.29) is 0 Å². The average molecular weight is 265 g/mol. The molecule has 0 radical (unpaired) electrons. The molecule has 5 heteroatoms. The van der Waals surface area contributed by atoms with Gasteiger partial charge in [-0.25, -0.2) is 4.98 Å². The molecule has 0 saturated carbocycles. The molecule has 0 aliphatic rings. The van der Waals surface area contributed by atoms with E-state index in [2.05, 4.69) is 60.4 Å². The fourth-order valence-electron chi connectivity index (χ4n) is 1.78. The van der Waals surface area contributed by atoms with Gasteiger partial charge < -0.3 is 15.5 Å². The number of nitrogens with one attached hydrogen (secondary N) is 2.